The molecule has 1 N–H and O–H groups in total. The molecule has 0 radical (unpaired) electrons. The number of carbonyl (C=O) groups is 1. The number of methoxy groups -OCH3 is 1. The van der Waals surface area contributed by atoms with Gasteiger partial charge in [-0.1, -0.05) is 44.2 Å². The van der Waals surface area contributed by atoms with Crippen LogP contribution in [0.2, 0.25) is 0 Å². The van der Waals surface area contributed by atoms with Crippen molar-refractivity contribution in [2.75, 3.05) is 20.2 Å². The molecule has 0 saturated carbocycles. The van der Waals surface area contributed by atoms with Gasteiger partial charge in [-0.2, -0.15) is 0 Å². The van der Waals surface area contributed by atoms with Crippen LogP contribution in [0.5, 0.6) is 5.75 Å². The Balaban J connectivity index is 1.85. The zero-order chi connectivity index (χ0) is 17.3. The molecule has 1 fully saturated rings. The predicted octanol–water partition coefficient (Wildman–Crippen LogP) is 2.65. The monoisotopic (exact) mass is 326 g/mol. The number of aromatic nitrogens is 1. The van der Waals surface area contributed by atoms with Crippen molar-refractivity contribution in [2.45, 2.75) is 19.8 Å². The number of carbonyl (C=O) groups excluding carboxylic acids is 1. The normalized spacial score (nSPS) is 19.3. The molecule has 24 heavy (non-hydrogen) atoms. The first kappa shape index (κ1) is 16.3. The van der Waals surface area contributed by atoms with E-state index >= 15 is 0 Å². The second kappa shape index (κ2) is 6.15. The fourth-order valence-electron chi connectivity index (χ4n) is 3.44. The Labute approximate surface area is 141 Å². The minimum atomic E-state index is -0.294. The Morgan fingerprint density at radius 3 is 2.62 bits per heavy atom. The molecule has 126 valence electrons. The van der Waals surface area contributed by atoms with Crippen LogP contribution in [0.15, 0.2) is 47.4 Å². The largest absolute Gasteiger partial charge is 0.491 e. The highest BCUT2D eigenvalue weighted by molar-refractivity contribution is 5.92. The Morgan fingerprint density at radius 2 is 2.00 bits per heavy atom. The van der Waals surface area contributed by atoms with Crippen LogP contribution in [-0.2, 0) is 0 Å². The maximum Gasteiger partial charge on any atom is 0.270 e. The summed E-state index contributed by atoms with van der Waals surface area (Å²) in [5.74, 6) is 0.323. The van der Waals surface area contributed by atoms with Gasteiger partial charge in [0.2, 0.25) is 5.43 Å². The van der Waals surface area contributed by atoms with Gasteiger partial charge < -0.3 is 14.6 Å². The van der Waals surface area contributed by atoms with Gasteiger partial charge in [0.15, 0.2) is 5.75 Å². The first-order chi connectivity index (χ1) is 11.4. The molecule has 0 spiro atoms. The molecule has 0 bridgehead atoms. The van der Waals surface area contributed by atoms with E-state index in [0.29, 0.717) is 18.8 Å². The Kier molecular flexibility index (Phi) is 4.18. The van der Waals surface area contributed by atoms with Gasteiger partial charge in [-0.05, 0) is 11.0 Å². The predicted molar refractivity (Wildman–Crippen MR) is 92.5 cm³/mol. The zero-order valence-corrected chi connectivity index (χ0v) is 14.2. The van der Waals surface area contributed by atoms with Gasteiger partial charge in [-0.15, -0.1) is 0 Å². The highest BCUT2D eigenvalue weighted by atomic mass is 16.5. The van der Waals surface area contributed by atoms with Crippen LogP contribution in [0, 0.1) is 5.41 Å². The fourth-order valence-corrected chi connectivity index (χ4v) is 3.44. The lowest BCUT2D eigenvalue weighted by atomic mass is 9.78. The topological polar surface area (TPSA) is 62.4 Å². The third-order valence-corrected chi connectivity index (χ3v) is 4.76. The van der Waals surface area contributed by atoms with Crippen LogP contribution in [0.4, 0.5) is 0 Å². The number of nitrogens with zero attached hydrogens (tertiary/aromatic N) is 1. The number of rotatable bonds is 3. The quantitative estimate of drug-likeness (QED) is 0.943. The molecule has 1 amide bonds. The van der Waals surface area contributed by atoms with Crippen molar-refractivity contribution in [1.82, 2.24) is 9.88 Å². The summed E-state index contributed by atoms with van der Waals surface area (Å²) in [7, 11) is 1.43. The van der Waals surface area contributed by atoms with Crippen molar-refractivity contribution in [1.29, 1.82) is 0 Å². The van der Waals surface area contributed by atoms with Gasteiger partial charge in [0.1, 0.15) is 5.69 Å². The van der Waals surface area contributed by atoms with Crippen LogP contribution in [0.1, 0.15) is 35.8 Å². The summed E-state index contributed by atoms with van der Waals surface area (Å²) >= 11 is 0. The average Bonchev–Trinajstić information content (AvgIpc) is 2.90. The van der Waals surface area contributed by atoms with Crippen molar-refractivity contribution < 1.29 is 9.53 Å². The number of hydrogen-bond donors (Lipinski definition) is 1. The van der Waals surface area contributed by atoms with Crippen LogP contribution < -0.4 is 10.2 Å². The number of likely N-dealkylation sites (tertiary alicyclic amines) is 1. The van der Waals surface area contributed by atoms with E-state index < -0.39 is 0 Å². The van der Waals surface area contributed by atoms with E-state index in [0.717, 1.165) is 0 Å². The van der Waals surface area contributed by atoms with E-state index in [1.807, 2.05) is 23.1 Å². The SMILES string of the molecule is COc1c[nH]c(C(=O)N2CC(c3ccccc3)C(C)(C)C2)cc1=O. The lowest BCUT2D eigenvalue weighted by molar-refractivity contribution is 0.0772. The van der Waals surface area contributed by atoms with Crippen LogP contribution in [0.25, 0.3) is 0 Å². The summed E-state index contributed by atoms with van der Waals surface area (Å²) in [6, 6.07) is 11.6. The first-order valence-electron chi connectivity index (χ1n) is 8.03. The van der Waals surface area contributed by atoms with Gasteiger partial charge in [-0.3, -0.25) is 9.59 Å². The lowest BCUT2D eigenvalue weighted by Crippen LogP contribution is -2.31. The Morgan fingerprint density at radius 1 is 1.29 bits per heavy atom. The van der Waals surface area contributed by atoms with E-state index in [1.54, 1.807) is 0 Å². The van der Waals surface area contributed by atoms with E-state index in [1.165, 1.54) is 24.9 Å². The molecule has 2 heterocycles. The van der Waals surface area contributed by atoms with Crippen LogP contribution in [-0.4, -0.2) is 36.0 Å². The molecular weight excluding hydrogens is 304 g/mol. The second-order valence-corrected chi connectivity index (χ2v) is 6.92. The number of pyridine rings is 1. The Hall–Kier alpha value is -2.56. The number of ether oxygens (including phenoxy) is 1. The third-order valence-electron chi connectivity index (χ3n) is 4.76. The van der Waals surface area contributed by atoms with Gasteiger partial charge in [0.25, 0.3) is 5.91 Å². The number of amides is 1. The lowest BCUT2D eigenvalue weighted by Gasteiger charge is -2.25. The second-order valence-electron chi connectivity index (χ2n) is 6.92. The highest BCUT2D eigenvalue weighted by Gasteiger charge is 2.42. The maximum atomic E-state index is 12.8. The van der Waals surface area contributed by atoms with Gasteiger partial charge in [0, 0.05) is 31.3 Å². The van der Waals surface area contributed by atoms with Crippen molar-refractivity contribution in [3.8, 4) is 5.75 Å². The number of aromatic amines is 1. The van der Waals surface area contributed by atoms with Gasteiger partial charge >= 0.3 is 0 Å². The van der Waals surface area contributed by atoms with Crippen molar-refractivity contribution >= 4 is 5.91 Å². The number of benzene rings is 1. The van der Waals surface area contributed by atoms with Crippen molar-refractivity contribution in [3.63, 3.8) is 0 Å². The molecule has 3 rings (SSSR count). The molecule has 1 aromatic heterocycles. The van der Waals surface area contributed by atoms with Crippen LogP contribution in [0.3, 0.4) is 0 Å². The molecular formula is C19H22N2O3. The summed E-state index contributed by atoms with van der Waals surface area (Å²) in [6.45, 7) is 5.65. The minimum absolute atomic E-state index is 0.0240. The Bertz CT molecular complexity index is 796. The van der Waals surface area contributed by atoms with E-state index in [-0.39, 0.29) is 28.4 Å². The van der Waals surface area contributed by atoms with E-state index in [2.05, 4.69) is 31.0 Å². The summed E-state index contributed by atoms with van der Waals surface area (Å²) in [5.41, 5.74) is 1.22. The number of hydrogen-bond acceptors (Lipinski definition) is 3. The smallest absolute Gasteiger partial charge is 0.270 e. The van der Waals surface area contributed by atoms with Crippen molar-refractivity contribution in [2.24, 2.45) is 5.41 Å². The first-order valence-corrected chi connectivity index (χ1v) is 8.03. The summed E-state index contributed by atoms with van der Waals surface area (Å²) < 4.78 is 4.94. The molecule has 0 aliphatic carbocycles. The zero-order valence-electron chi connectivity index (χ0n) is 14.2. The standard InChI is InChI=1S/C19H22N2O3/c1-19(2)12-21(11-14(19)13-7-5-4-6-8-13)18(23)15-9-16(22)17(24-3)10-20-15/h4-10,14H,11-12H2,1-3H3,(H,20,22). The fraction of sp³-hybridized carbons (Fsp3) is 0.368. The van der Waals surface area contributed by atoms with Gasteiger partial charge in [-0.25, -0.2) is 0 Å². The molecule has 5 heteroatoms. The molecule has 5 nitrogen and oxygen atoms in total. The third kappa shape index (κ3) is 2.94. The van der Waals surface area contributed by atoms with E-state index in [4.69, 9.17) is 4.74 Å². The molecule has 1 aromatic carbocycles. The van der Waals surface area contributed by atoms with Crippen molar-refractivity contribution in [3.05, 3.63) is 64.1 Å². The highest BCUT2D eigenvalue weighted by Crippen LogP contribution is 2.42. The summed E-state index contributed by atoms with van der Waals surface area (Å²) in [5, 5.41) is 0. The molecule has 1 atom stereocenters. The summed E-state index contributed by atoms with van der Waals surface area (Å²) in [4.78, 5) is 29.4. The molecule has 1 unspecified atom stereocenters. The molecule has 1 aliphatic heterocycles. The molecule has 1 saturated heterocycles. The van der Waals surface area contributed by atoms with E-state index in [9.17, 15) is 9.59 Å². The average molecular weight is 326 g/mol. The van der Waals surface area contributed by atoms with Gasteiger partial charge in [0.05, 0.1) is 7.11 Å². The maximum absolute atomic E-state index is 12.8. The number of nitrogens with one attached hydrogen (secondary N) is 1. The van der Waals surface area contributed by atoms with Crippen LogP contribution >= 0.6 is 0 Å². The number of H-pyrrole nitrogens is 1. The molecule has 2 aromatic rings. The summed E-state index contributed by atoms with van der Waals surface area (Å²) in [6.07, 6.45) is 1.44. The minimum Gasteiger partial charge on any atom is -0.491 e. The molecule has 1 aliphatic rings.